The van der Waals surface area contributed by atoms with E-state index < -0.39 is 15.9 Å². The van der Waals surface area contributed by atoms with Gasteiger partial charge in [-0.25, -0.2) is 13.1 Å². The van der Waals surface area contributed by atoms with E-state index in [0.29, 0.717) is 16.7 Å². The van der Waals surface area contributed by atoms with Crippen molar-refractivity contribution in [1.29, 1.82) is 0 Å². The van der Waals surface area contributed by atoms with Gasteiger partial charge in [0.25, 0.3) is 21.5 Å². The molecule has 2 aromatic carbocycles. The highest BCUT2D eigenvalue weighted by molar-refractivity contribution is 7.89. The van der Waals surface area contributed by atoms with Crippen LogP contribution in [-0.4, -0.2) is 24.1 Å². The van der Waals surface area contributed by atoms with Crippen molar-refractivity contribution < 1.29 is 13.2 Å². The minimum atomic E-state index is -3.96. The van der Waals surface area contributed by atoms with Crippen LogP contribution < -0.4 is 15.8 Å². The number of benzene rings is 2. The Labute approximate surface area is 168 Å². The largest absolute Gasteiger partial charge is 0.287 e. The highest BCUT2D eigenvalue weighted by Crippen LogP contribution is 2.20. The van der Waals surface area contributed by atoms with Gasteiger partial charge in [-0.3, -0.25) is 15.0 Å². The molecule has 0 aliphatic rings. The van der Waals surface area contributed by atoms with Crippen molar-refractivity contribution in [3.63, 3.8) is 0 Å². The lowest BCUT2D eigenvalue weighted by Crippen LogP contribution is -2.42. The van der Waals surface area contributed by atoms with Crippen LogP contribution in [0.25, 0.3) is 10.8 Å². The number of hydrazine groups is 1. The number of hydrogen-bond donors (Lipinski definition) is 2. The van der Waals surface area contributed by atoms with E-state index in [1.54, 1.807) is 36.4 Å². The molecule has 29 heavy (non-hydrogen) atoms. The van der Waals surface area contributed by atoms with Crippen molar-refractivity contribution >= 4 is 26.7 Å². The molecule has 3 aromatic rings. The molecular weight excluding hydrogens is 392 g/mol. The van der Waals surface area contributed by atoms with E-state index in [9.17, 15) is 18.0 Å². The van der Waals surface area contributed by atoms with Crippen LogP contribution in [0.4, 0.5) is 0 Å². The first-order chi connectivity index (χ1) is 13.7. The van der Waals surface area contributed by atoms with Gasteiger partial charge in [-0.2, -0.15) is 5.10 Å². The Kier molecular flexibility index (Phi) is 5.81. The van der Waals surface area contributed by atoms with Crippen LogP contribution in [0, 0.1) is 0 Å². The van der Waals surface area contributed by atoms with Crippen molar-refractivity contribution in [3.05, 3.63) is 70.1 Å². The SMILES string of the molecule is CC[C@H](C)c1ccc(S(=O)(=O)NNC(=O)c2nn(C)c(=O)c3ccccc23)cc1. The highest BCUT2D eigenvalue weighted by Gasteiger charge is 2.19. The minimum Gasteiger partial charge on any atom is -0.272 e. The molecule has 9 heteroatoms. The summed E-state index contributed by atoms with van der Waals surface area (Å²) >= 11 is 0. The number of aromatic nitrogens is 2. The number of nitrogens with one attached hydrogen (secondary N) is 2. The third-order valence-electron chi connectivity index (χ3n) is 4.84. The van der Waals surface area contributed by atoms with Crippen molar-refractivity contribution in [2.24, 2.45) is 7.05 Å². The first-order valence-corrected chi connectivity index (χ1v) is 10.6. The zero-order chi connectivity index (χ0) is 21.2. The number of carbonyl (C=O) groups is 1. The van der Waals surface area contributed by atoms with Gasteiger partial charge in [0.05, 0.1) is 10.3 Å². The van der Waals surface area contributed by atoms with Crippen LogP contribution in [-0.2, 0) is 17.1 Å². The van der Waals surface area contributed by atoms with Crippen LogP contribution in [0.5, 0.6) is 0 Å². The monoisotopic (exact) mass is 414 g/mol. The Hall–Kier alpha value is -3.04. The van der Waals surface area contributed by atoms with Gasteiger partial charge in [-0.15, -0.1) is 4.83 Å². The quantitative estimate of drug-likeness (QED) is 0.600. The number of amides is 1. The predicted molar refractivity (Wildman–Crippen MR) is 110 cm³/mol. The second kappa shape index (κ2) is 8.14. The lowest BCUT2D eigenvalue weighted by Gasteiger charge is -2.12. The second-order valence-electron chi connectivity index (χ2n) is 6.76. The van der Waals surface area contributed by atoms with Crippen LogP contribution in [0.15, 0.2) is 58.2 Å². The molecular formula is C20H22N4O4S. The topological polar surface area (TPSA) is 110 Å². The zero-order valence-electron chi connectivity index (χ0n) is 16.3. The van der Waals surface area contributed by atoms with Gasteiger partial charge < -0.3 is 0 Å². The molecule has 3 rings (SSSR count). The molecule has 152 valence electrons. The fourth-order valence-corrected chi connectivity index (χ4v) is 3.75. The molecule has 0 radical (unpaired) electrons. The molecule has 0 saturated heterocycles. The first-order valence-electron chi connectivity index (χ1n) is 9.12. The Morgan fingerprint density at radius 2 is 1.72 bits per heavy atom. The summed E-state index contributed by atoms with van der Waals surface area (Å²) in [4.78, 5) is 26.8. The Bertz CT molecular complexity index is 1220. The zero-order valence-corrected chi connectivity index (χ0v) is 17.2. The first kappa shape index (κ1) is 20.7. The smallest absolute Gasteiger partial charge is 0.272 e. The van der Waals surface area contributed by atoms with E-state index in [0.717, 1.165) is 16.7 Å². The van der Waals surface area contributed by atoms with E-state index in [-0.39, 0.29) is 16.1 Å². The molecule has 0 aliphatic heterocycles. The third-order valence-corrected chi connectivity index (χ3v) is 6.11. The normalized spacial score (nSPS) is 12.7. The van der Waals surface area contributed by atoms with Gasteiger partial charge in [0.15, 0.2) is 5.69 Å². The number of nitrogens with zero attached hydrogens (tertiary/aromatic N) is 2. The Balaban J connectivity index is 1.83. The maximum absolute atomic E-state index is 12.6. The summed E-state index contributed by atoms with van der Waals surface area (Å²) in [6.07, 6.45) is 0.945. The van der Waals surface area contributed by atoms with Gasteiger partial charge in [0.2, 0.25) is 0 Å². The summed E-state index contributed by atoms with van der Waals surface area (Å²) in [5.41, 5.74) is 2.80. The van der Waals surface area contributed by atoms with E-state index in [4.69, 9.17) is 0 Å². The van der Waals surface area contributed by atoms with Crippen molar-refractivity contribution in [3.8, 4) is 0 Å². The molecule has 2 N–H and O–H groups in total. The maximum Gasteiger partial charge on any atom is 0.287 e. The number of hydrogen-bond acceptors (Lipinski definition) is 5. The molecule has 1 heterocycles. The lowest BCUT2D eigenvalue weighted by atomic mass is 9.99. The summed E-state index contributed by atoms with van der Waals surface area (Å²) < 4.78 is 26.0. The van der Waals surface area contributed by atoms with Crippen molar-refractivity contribution in [1.82, 2.24) is 20.0 Å². The molecule has 0 spiro atoms. The molecule has 0 aliphatic carbocycles. The van der Waals surface area contributed by atoms with Crippen molar-refractivity contribution in [2.75, 3.05) is 0 Å². The molecule has 0 fully saturated rings. The van der Waals surface area contributed by atoms with Gasteiger partial charge in [0.1, 0.15) is 0 Å². The second-order valence-corrected chi connectivity index (χ2v) is 8.44. The number of fused-ring (bicyclic) bond motifs is 1. The minimum absolute atomic E-state index is 0.0307. The summed E-state index contributed by atoms with van der Waals surface area (Å²) in [6, 6.07) is 13.0. The van der Waals surface area contributed by atoms with Crippen molar-refractivity contribution in [2.45, 2.75) is 31.1 Å². The van der Waals surface area contributed by atoms with Gasteiger partial charge in [-0.05, 0) is 36.1 Å². The van der Waals surface area contributed by atoms with Crippen LogP contribution >= 0.6 is 0 Å². The predicted octanol–water partition coefficient (Wildman–Crippen LogP) is 2.07. The molecule has 0 unspecified atom stereocenters. The number of rotatable bonds is 6. The van der Waals surface area contributed by atoms with Crippen LogP contribution in [0.1, 0.15) is 42.2 Å². The van der Waals surface area contributed by atoms with Crippen LogP contribution in [0.2, 0.25) is 0 Å². The van der Waals surface area contributed by atoms with Crippen LogP contribution in [0.3, 0.4) is 0 Å². The third kappa shape index (κ3) is 4.20. The van der Waals surface area contributed by atoms with Gasteiger partial charge in [0, 0.05) is 12.4 Å². The molecule has 8 nitrogen and oxygen atoms in total. The van der Waals surface area contributed by atoms with Gasteiger partial charge in [-0.1, -0.05) is 44.2 Å². The highest BCUT2D eigenvalue weighted by atomic mass is 32.2. The summed E-state index contributed by atoms with van der Waals surface area (Å²) in [7, 11) is -2.54. The molecule has 1 atom stereocenters. The summed E-state index contributed by atoms with van der Waals surface area (Å²) in [6.45, 7) is 4.12. The lowest BCUT2D eigenvalue weighted by molar-refractivity contribution is 0.0940. The average Bonchev–Trinajstić information content (AvgIpc) is 2.74. The summed E-state index contributed by atoms with van der Waals surface area (Å²) in [5, 5.41) is 4.63. The average molecular weight is 414 g/mol. The van der Waals surface area contributed by atoms with E-state index in [1.807, 2.05) is 0 Å². The fraction of sp³-hybridized carbons (Fsp3) is 0.250. The standard InChI is InChI=1S/C20H22N4O4S/c1-4-13(2)14-9-11-15(12-10-14)29(27,28)23-21-19(25)18-16-7-5-6-8-17(16)20(26)24(3)22-18/h5-13,23H,4H2,1-3H3,(H,21,25)/t13-/m0/s1. The molecule has 0 bridgehead atoms. The van der Waals surface area contributed by atoms with E-state index >= 15 is 0 Å². The number of sulfonamides is 1. The Morgan fingerprint density at radius 1 is 1.10 bits per heavy atom. The van der Waals surface area contributed by atoms with E-state index in [1.165, 1.54) is 19.2 Å². The number of aryl methyl sites for hydroxylation is 1. The summed E-state index contributed by atoms with van der Waals surface area (Å²) in [5.74, 6) is -0.444. The van der Waals surface area contributed by atoms with E-state index in [2.05, 4.69) is 29.2 Å². The maximum atomic E-state index is 12.6. The molecule has 1 aromatic heterocycles. The molecule has 1 amide bonds. The number of carbonyl (C=O) groups excluding carboxylic acids is 1. The molecule has 0 saturated carbocycles. The Morgan fingerprint density at radius 3 is 2.34 bits per heavy atom. The fourth-order valence-electron chi connectivity index (χ4n) is 2.91. The van der Waals surface area contributed by atoms with Gasteiger partial charge >= 0.3 is 0 Å².